The van der Waals surface area contributed by atoms with E-state index in [0.29, 0.717) is 24.4 Å². The third-order valence-electron chi connectivity index (χ3n) is 3.51. The van der Waals surface area contributed by atoms with E-state index in [9.17, 15) is 4.79 Å². The molecule has 0 aliphatic heterocycles. The van der Waals surface area contributed by atoms with Crippen LogP contribution in [0.2, 0.25) is 0 Å². The number of hydrogen-bond acceptors (Lipinski definition) is 3. The van der Waals surface area contributed by atoms with Gasteiger partial charge in [-0.2, -0.15) is 0 Å². The van der Waals surface area contributed by atoms with Gasteiger partial charge in [0.2, 0.25) is 0 Å². The molecule has 1 saturated carbocycles. The zero-order chi connectivity index (χ0) is 15.8. The molecule has 3 N–H and O–H groups in total. The minimum Gasteiger partial charge on any atom is -0.497 e. The molecule has 0 heterocycles. The Morgan fingerprint density at radius 2 is 2.00 bits per heavy atom. The van der Waals surface area contributed by atoms with Gasteiger partial charge in [0.1, 0.15) is 5.75 Å². The quantitative estimate of drug-likeness (QED) is 0.265. The third kappa shape index (κ3) is 7.06. The summed E-state index contributed by atoms with van der Waals surface area (Å²) in [6.45, 7) is 2.12. The second kappa shape index (κ2) is 10.3. The fourth-order valence-corrected chi connectivity index (χ4v) is 2.01. The fraction of sp³-hybridized carbons (Fsp3) is 0.500. The van der Waals surface area contributed by atoms with E-state index in [1.54, 1.807) is 32.4 Å². The lowest BCUT2D eigenvalue weighted by molar-refractivity contribution is 0.0954. The molecule has 1 amide bonds. The van der Waals surface area contributed by atoms with Crippen LogP contribution in [0.5, 0.6) is 5.75 Å². The maximum absolute atomic E-state index is 12.0. The number of amides is 1. The number of hydrogen-bond donors (Lipinski definition) is 3. The monoisotopic (exact) mass is 432 g/mol. The molecule has 0 atom stereocenters. The fourth-order valence-electron chi connectivity index (χ4n) is 2.01. The van der Waals surface area contributed by atoms with Crippen LogP contribution in [0.25, 0.3) is 0 Å². The molecule has 2 rings (SSSR count). The molecular formula is C16H25IN4O2. The number of carbonyl (C=O) groups is 1. The van der Waals surface area contributed by atoms with Crippen molar-refractivity contribution in [2.75, 3.05) is 33.8 Å². The molecule has 6 nitrogen and oxygen atoms in total. The van der Waals surface area contributed by atoms with Gasteiger partial charge < -0.3 is 20.7 Å². The Bertz CT molecular complexity index is 533. The Morgan fingerprint density at radius 3 is 2.65 bits per heavy atom. The topological polar surface area (TPSA) is 74.8 Å². The van der Waals surface area contributed by atoms with Gasteiger partial charge in [-0.3, -0.25) is 9.79 Å². The molecule has 1 aromatic rings. The summed E-state index contributed by atoms with van der Waals surface area (Å²) < 4.78 is 5.11. The van der Waals surface area contributed by atoms with Crippen molar-refractivity contribution in [3.8, 4) is 5.75 Å². The van der Waals surface area contributed by atoms with Crippen molar-refractivity contribution in [1.82, 2.24) is 16.0 Å². The van der Waals surface area contributed by atoms with E-state index in [1.165, 1.54) is 12.8 Å². The molecule has 1 aromatic carbocycles. The average molecular weight is 432 g/mol. The van der Waals surface area contributed by atoms with Crippen LogP contribution >= 0.6 is 24.0 Å². The van der Waals surface area contributed by atoms with Crippen molar-refractivity contribution in [3.63, 3.8) is 0 Å². The van der Waals surface area contributed by atoms with Gasteiger partial charge in [0.15, 0.2) is 5.96 Å². The molecule has 0 bridgehead atoms. The summed E-state index contributed by atoms with van der Waals surface area (Å²) in [5.74, 6) is 2.14. The largest absolute Gasteiger partial charge is 0.497 e. The molecule has 0 spiro atoms. The Labute approximate surface area is 154 Å². The highest BCUT2D eigenvalue weighted by atomic mass is 127. The van der Waals surface area contributed by atoms with E-state index in [1.807, 2.05) is 6.07 Å². The first-order valence-corrected chi connectivity index (χ1v) is 7.59. The Balaban J connectivity index is 0.00000264. The number of rotatable bonds is 7. The molecular weight excluding hydrogens is 407 g/mol. The molecule has 0 radical (unpaired) electrons. The third-order valence-corrected chi connectivity index (χ3v) is 3.51. The maximum atomic E-state index is 12.0. The second-order valence-corrected chi connectivity index (χ2v) is 5.31. The number of guanidine groups is 1. The number of nitrogens with zero attached hydrogens (tertiary/aromatic N) is 1. The van der Waals surface area contributed by atoms with Crippen LogP contribution in [0.4, 0.5) is 0 Å². The summed E-state index contributed by atoms with van der Waals surface area (Å²) in [5.41, 5.74) is 0.593. The van der Waals surface area contributed by atoms with Crippen molar-refractivity contribution in [2.24, 2.45) is 10.9 Å². The van der Waals surface area contributed by atoms with Gasteiger partial charge in [0.05, 0.1) is 7.11 Å². The first kappa shape index (κ1) is 19.5. The standard InChI is InChI=1S/C16H24N4O2.HI/c1-17-16(20-11-12-6-7-12)19-9-8-18-15(21)13-4-3-5-14(10-13)22-2;/h3-5,10,12H,6-9,11H2,1-2H3,(H,18,21)(H2,17,19,20);1H. The van der Waals surface area contributed by atoms with Crippen molar-refractivity contribution in [3.05, 3.63) is 29.8 Å². The first-order valence-electron chi connectivity index (χ1n) is 7.59. The van der Waals surface area contributed by atoms with Gasteiger partial charge in [-0.1, -0.05) is 6.07 Å². The number of aliphatic imine (C=N–C) groups is 1. The van der Waals surface area contributed by atoms with E-state index in [2.05, 4.69) is 20.9 Å². The van der Waals surface area contributed by atoms with Crippen LogP contribution in [0.15, 0.2) is 29.3 Å². The Morgan fingerprint density at radius 1 is 1.26 bits per heavy atom. The van der Waals surface area contributed by atoms with Crippen LogP contribution in [0, 0.1) is 5.92 Å². The smallest absolute Gasteiger partial charge is 0.251 e. The minimum absolute atomic E-state index is 0. The lowest BCUT2D eigenvalue weighted by Gasteiger charge is -2.12. The molecule has 1 fully saturated rings. The van der Waals surface area contributed by atoms with E-state index < -0.39 is 0 Å². The first-order chi connectivity index (χ1) is 10.7. The van der Waals surface area contributed by atoms with Crippen molar-refractivity contribution in [2.45, 2.75) is 12.8 Å². The van der Waals surface area contributed by atoms with E-state index in [0.717, 1.165) is 18.4 Å². The van der Waals surface area contributed by atoms with Crippen LogP contribution < -0.4 is 20.7 Å². The summed E-state index contributed by atoms with van der Waals surface area (Å²) >= 11 is 0. The number of benzene rings is 1. The van der Waals surface area contributed by atoms with Gasteiger partial charge in [0, 0.05) is 32.2 Å². The molecule has 0 unspecified atom stereocenters. The number of nitrogens with one attached hydrogen (secondary N) is 3. The van der Waals surface area contributed by atoms with Crippen LogP contribution in [0.3, 0.4) is 0 Å². The number of methoxy groups -OCH3 is 1. The zero-order valence-electron chi connectivity index (χ0n) is 13.6. The van der Waals surface area contributed by atoms with Crippen molar-refractivity contribution < 1.29 is 9.53 Å². The predicted octanol–water partition coefficient (Wildman–Crippen LogP) is 1.62. The molecule has 128 valence electrons. The lowest BCUT2D eigenvalue weighted by Crippen LogP contribution is -2.42. The van der Waals surface area contributed by atoms with Crippen LogP contribution in [0.1, 0.15) is 23.2 Å². The number of ether oxygens (including phenoxy) is 1. The number of halogens is 1. The lowest BCUT2D eigenvalue weighted by atomic mass is 10.2. The molecule has 1 aliphatic carbocycles. The van der Waals surface area contributed by atoms with E-state index >= 15 is 0 Å². The normalized spacial score (nSPS) is 13.7. The summed E-state index contributed by atoms with van der Waals surface area (Å²) in [6.07, 6.45) is 2.61. The summed E-state index contributed by atoms with van der Waals surface area (Å²) in [7, 11) is 3.33. The summed E-state index contributed by atoms with van der Waals surface area (Å²) in [6, 6.07) is 7.10. The predicted molar refractivity (Wildman–Crippen MR) is 103 cm³/mol. The highest BCUT2D eigenvalue weighted by Crippen LogP contribution is 2.27. The van der Waals surface area contributed by atoms with E-state index in [-0.39, 0.29) is 29.9 Å². The van der Waals surface area contributed by atoms with E-state index in [4.69, 9.17) is 4.74 Å². The van der Waals surface area contributed by atoms with Gasteiger partial charge in [-0.15, -0.1) is 24.0 Å². The van der Waals surface area contributed by atoms with Crippen molar-refractivity contribution >= 4 is 35.8 Å². The average Bonchev–Trinajstić information content (AvgIpc) is 3.38. The highest BCUT2D eigenvalue weighted by molar-refractivity contribution is 14.0. The maximum Gasteiger partial charge on any atom is 0.251 e. The summed E-state index contributed by atoms with van der Waals surface area (Å²) in [5, 5.41) is 9.32. The van der Waals surface area contributed by atoms with Gasteiger partial charge in [-0.05, 0) is 37.0 Å². The molecule has 0 saturated heterocycles. The SMILES string of the molecule is CN=C(NCCNC(=O)c1cccc(OC)c1)NCC1CC1.I. The Kier molecular flexibility index (Phi) is 8.75. The molecule has 23 heavy (non-hydrogen) atoms. The van der Waals surface area contributed by atoms with Gasteiger partial charge >= 0.3 is 0 Å². The van der Waals surface area contributed by atoms with Crippen LogP contribution in [-0.2, 0) is 0 Å². The highest BCUT2D eigenvalue weighted by Gasteiger charge is 2.20. The second-order valence-electron chi connectivity index (χ2n) is 5.31. The van der Waals surface area contributed by atoms with Gasteiger partial charge in [-0.25, -0.2) is 0 Å². The Hall–Kier alpha value is -1.51. The molecule has 7 heteroatoms. The zero-order valence-corrected chi connectivity index (χ0v) is 15.9. The minimum atomic E-state index is -0.110. The summed E-state index contributed by atoms with van der Waals surface area (Å²) in [4.78, 5) is 16.2. The molecule has 1 aliphatic rings. The molecule has 0 aromatic heterocycles. The van der Waals surface area contributed by atoms with Gasteiger partial charge in [0.25, 0.3) is 5.91 Å². The van der Waals surface area contributed by atoms with Crippen LogP contribution in [-0.4, -0.2) is 45.7 Å². The van der Waals surface area contributed by atoms with Crippen molar-refractivity contribution in [1.29, 1.82) is 0 Å². The number of carbonyl (C=O) groups excluding carboxylic acids is 1.